The van der Waals surface area contributed by atoms with E-state index in [0.717, 1.165) is 17.0 Å². The van der Waals surface area contributed by atoms with Gasteiger partial charge in [0.25, 0.3) is 5.91 Å². The van der Waals surface area contributed by atoms with Crippen molar-refractivity contribution in [2.45, 2.75) is 6.10 Å². The first kappa shape index (κ1) is 19.8. The normalized spacial score (nSPS) is 14.7. The lowest BCUT2D eigenvalue weighted by Gasteiger charge is -2.29. The molecule has 0 unspecified atom stereocenters. The third-order valence-corrected chi connectivity index (χ3v) is 5.29. The number of pyridine rings is 1. The number of carbonyl (C=O) groups excluding carboxylic acids is 1. The molecule has 7 heteroatoms. The predicted molar refractivity (Wildman–Crippen MR) is 120 cm³/mol. The van der Waals surface area contributed by atoms with Crippen molar-refractivity contribution in [3.8, 4) is 28.4 Å². The number of hydrogen-bond donors (Lipinski definition) is 0. The number of benzene rings is 2. The number of para-hydroxylation sites is 3. The average molecular weight is 426 g/mol. The number of carbonyl (C=O) groups is 1. The molecule has 0 fully saturated rings. The summed E-state index contributed by atoms with van der Waals surface area (Å²) in [6, 6.07) is 21.0. The highest BCUT2D eigenvalue weighted by Crippen LogP contribution is 2.31. The molecule has 0 spiro atoms. The van der Waals surface area contributed by atoms with Crippen molar-refractivity contribution < 1.29 is 14.3 Å². The Hall–Kier alpha value is -4.13. The van der Waals surface area contributed by atoms with Crippen molar-refractivity contribution in [1.29, 1.82) is 0 Å². The van der Waals surface area contributed by atoms with Gasteiger partial charge in [-0.2, -0.15) is 5.10 Å². The van der Waals surface area contributed by atoms with Crippen LogP contribution >= 0.6 is 0 Å². The topological polar surface area (TPSA) is 69.5 Å². The number of ether oxygens (including phenoxy) is 2. The maximum Gasteiger partial charge on any atom is 0.257 e. The summed E-state index contributed by atoms with van der Waals surface area (Å²) in [5, 5.41) is 4.70. The fraction of sp³-hybridized carbons (Fsp3) is 0.160. The first-order valence-electron chi connectivity index (χ1n) is 10.4. The fourth-order valence-electron chi connectivity index (χ4n) is 3.71. The highest BCUT2D eigenvalue weighted by molar-refractivity contribution is 5.99. The van der Waals surface area contributed by atoms with Crippen LogP contribution in [0.15, 0.2) is 85.3 Å². The van der Waals surface area contributed by atoms with Crippen LogP contribution in [-0.4, -0.2) is 51.9 Å². The van der Waals surface area contributed by atoms with E-state index in [0.29, 0.717) is 30.2 Å². The van der Waals surface area contributed by atoms with Crippen LogP contribution < -0.4 is 9.47 Å². The lowest BCUT2D eigenvalue weighted by Crippen LogP contribution is -2.41. The minimum absolute atomic E-state index is 0.145. The molecule has 0 saturated heterocycles. The summed E-state index contributed by atoms with van der Waals surface area (Å²) in [6.45, 7) is 0.767. The van der Waals surface area contributed by atoms with Crippen molar-refractivity contribution in [1.82, 2.24) is 19.7 Å². The Morgan fingerprint density at radius 3 is 2.62 bits per heavy atom. The first-order chi connectivity index (χ1) is 15.7. The summed E-state index contributed by atoms with van der Waals surface area (Å²) in [5.74, 6) is 1.27. The van der Waals surface area contributed by atoms with Gasteiger partial charge in [0.15, 0.2) is 17.6 Å². The molecule has 3 heterocycles. The average Bonchev–Trinajstić information content (AvgIpc) is 3.30. The summed E-state index contributed by atoms with van der Waals surface area (Å²) >= 11 is 0. The van der Waals surface area contributed by atoms with Crippen LogP contribution in [0, 0.1) is 0 Å². The smallest absolute Gasteiger partial charge is 0.257 e. The van der Waals surface area contributed by atoms with Crippen LogP contribution in [0.5, 0.6) is 11.5 Å². The Morgan fingerprint density at radius 2 is 1.84 bits per heavy atom. The molecule has 2 aromatic heterocycles. The lowest BCUT2D eigenvalue weighted by atomic mass is 10.1. The molecule has 1 amide bonds. The van der Waals surface area contributed by atoms with Gasteiger partial charge in [0, 0.05) is 31.2 Å². The molecule has 7 nitrogen and oxygen atoms in total. The van der Waals surface area contributed by atoms with Gasteiger partial charge in [0.2, 0.25) is 0 Å². The zero-order valence-corrected chi connectivity index (χ0v) is 17.6. The molecule has 0 saturated carbocycles. The van der Waals surface area contributed by atoms with Crippen molar-refractivity contribution in [2.24, 2.45) is 0 Å². The zero-order chi connectivity index (χ0) is 21.9. The van der Waals surface area contributed by atoms with E-state index in [2.05, 4.69) is 4.98 Å². The van der Waals surface area contributed by atoms with Gasteiger partial charge < -0.3 is 14.4 Å². The van der Waals surface area contributed by atoms with Gasteiger partial charge >= 0.3 is 0 Å². The predicted octanol–water partition coefficient (Wildman–Crippen LogP) is 3.85. The second-order valence-electron chi connectivity index (χ2n) is 7.60. The molecule has 1 aliphatic heterocycles. The van der Waals surface area contributed by atoms with Crippen LogP contribution in [0.2, 0.25) is 0 Å². The SMILES string of the molecule is CN(C[C@@H]1COc2ccccc2O1)C(=O)c1cn(-c2ccccc2)nc1-c1cccnc1. The molecule has 1 atom stereocenters. The van der Waals surface area contributed by atoms with Crippen molar-refractivity contribution in [3.63, 3.8) is 0 Å². The van der Waals surface area contributed by atoms with Crippen LogP contribution in [0.1, 0.15) is 10.4 Å². The Bertz CT molecular complexity index is 1220. The van der Waals surface area contributed by atoms with Gasteiger partial charge in [-0.05, 0) is 36.4 Å². The molecule has 32 heavy (non-hydrogen) atoms. The van der Waals surface area contributed by atoms with Gasteiger partial charge in [0.1, 0.15) is 12.3 Å². The number of aromatic nitrogens is 3. The van der Waals surface area contributed by atoms with E-state index in [4.69, 9.17) is 14.6 Å². The number of rotatable bonds is 5. The van der Waals surface area contributed by atoms with Crippen molar-refractivity contribution in [2.75, 3.05) is 20.2 Å². The fourth-order valence-corrected chi connectivity index (χ4v) is 3.71. The van der Waals surface area contributed by atoms with E-state index >= 15 is 0 Å². The van der Waals surface area contributed by atoms with E-state index < -0.39 is 0 Å². The quantitative estimate of drug-likeness (QED) is 0.485. The summed E-state index contributed by atoms with van der Waals surface area (Å²) in [6.07, 6.45) is 4.92. The van der Waals surface area contributed by atoms with E-state index in [1.54, 1.807) is 35.2 Å². The monoisotopic (exact) mass is 426 g/mol. The largest absolute Gasteiger partial charge is 0.486 e. The summed E-state index contributed by atoms with van der Waals surface area (Å²) < 4.78 is 13.5. The van der Waals surface area contributed by atoms with Crippen LogP contribution in [0.25, 0.3) is 16.9 Å². The van der Waals surface area contributed by atoms with Gasteiger partial charge in [-0.1, -0.05) is 30.3 Å². The van der Waals surface area contributed by atoms with E-state index in [9.17, 15) is 4.79 Å². The van der Waals surface area contributed by atoms with E-state index in [1.165, 1.54) is 0 Å². The van der Waals surface area contributed by atoms with Gasteiger partial charge in [-0.3, -0.25) is 9.78 Å². The van der Waals surface area contributed by atoms with E-state index in [-0.39, 0.29) is 12.0 Å². The molecular weight excluding hydrogens is 404 g/mol. The standard InChI is InChI=1S/C25H22N4O3/c1-28(15-20-17-31-22-11-5-6-12-23(22)32-20)25(30)21-16-29(19-9-3-2-4-10-19)27-24(21)18-8-7-13-26-14-18/h2-14,16,20H,15,17H2,1H3/t20-/m1/s1. The molecular formula is C25H22N4O3. The molecule has 0 radical (unpaired) electrons. The van der Waals surface area contributed by atoms with Crippen LogP contribution in [0.3, 0.4) is 0 Å². The molecule has 4 aromatic rings. The Labute approximate surface area is 185 Å². The lowest BCUT2D eigenvalue weighted by molar-refractivity contribution is 0.0521. The number of amides is 1. The summed E-state index contributed by atoms with van der Waals surface area (Å²) in [4.78, 5) is 19.3. The summed E-state index contributed by atoms with van der Waals surface area (Å²) in [5.41, 5.74) is 2.75. The maximum absolute atomic E-state index is 13.5. The van der Waals surface area contributed by atoms with Crippen LogP contribution in [0.4, 0.5) is 0 Å². The zero-order valence-electron chi connectivity index (χ0n) is 17.6. The first-order valence-corrected chi connectivity index (χ1v) is 10.4. The Balaban J connectivity index is 1.41. The molecule has 160 valence electrons. The summed E-state index contributed by atoms with van der Waals surface area (Å²) in [7, 11) is 1.76. The second-order valence-corrected chi connectivity index (χ2v) is 7.60. The Kier molecular flexibility index (Phi) is 5.29. The third-order valence-electron chi connectivity index (χ3n) is 5.29. The minimum atomic E-state index is -0.259. The minimum Gasteiger partial charge on any atom is -0.486 e. The van der Waals surface area contributed by atoms with Crippen molar-refractivity contribution >= 4 is 5.91 Å². The van der Waals surface area contributed by atoms with Gasteiger partial charge in [-0.25, -0.2) is 4.68 Å². The van der Waals surface area contributed by atoms with Gasteiger partial charge in [-0.15, -0.1) is 0 Å². The molecule has 0 bridgehead atoms. The Morgan fingerprint density at radius 1 is 1.06 bits per heavy atom. The molecule has 5 rings (SSSR count). The third kappa shape index (κ3) is 3.92. The van der Waals surface area contributed by atoms with Crippen LogP contribution in [-0.2, 0) is 0 Å². The molecule has 0 aliphatic carbocycles. The molecule has 1 aliphatic rings. The van der Waals surface area contributed by atoms with Crippen molar-refractivity contribution in [3.05, 3.63) is 90.9 Å². The highest BCUT2D eigenvalue weighted by atomic mass is 16.6. The highest BCUT2D eigenvalue weighted by Gasteiger charge is 2.27. The van der Waals surface area contributed by atoms with Gasteiger partial charge in [0.05, 0.1) is 17.8 Å². The molecule has 2 aromatic carbocycles. The number of fused-ring (bicyclic) bond motifs is 1. The molecule has 0 N–H and O–H groups in total. The number of likely N-dealkylation sites (N-methyl/N-ethyl adjacent to an activating group) is 1. The number of nitrogens with zero attached hydrogens (tertiary/aromatic N) is 4. The maximum atomic E-state index is 13.5. The second kappa shape index (κ2) is 8.55. The number of hydrogen-bond acceptors (Lipinski definition) is 5. The van der Waals surface area contributed by atoms with E-state index in [1.807, 2.05) is 66.7 Å².